The van der Waals surface area contributed by atoms with Gasteiger partial charge in [-0.1, -0.05) is 77.3 Å². The topological polar surface area (TPSA) is 99.5 Å². The Hall–Kier alpha value is -3.94. The molecule has 1 fully saturated rings. The SMILES string of the molecule is CC.CNS.Cc1nc2cc(-c3ccc(CC[C@@H](CC(C(=O)Nc4ccc(C(F)(F)F)cc4F)C(C)C)N4CCCCC4)cc3)ccc2n1C.O=CO. The van der Waals surface area contributed by atoms with Gasteiger partial charge >= 0.3 is 6.18 Å². The predicted octanol–water partition coefficient (Wildman–Crippen LogP) is 9.57. The maximum atomic E-state index is 14.6. The Morgan fingerprint density at radius 1 is 1.00 bits per heavy atom. The summed E-state index contributed by atoms with van der Waals surface area (Å²) >= 11 is 3.54. The lowest BCUT2D eigenvalue weighted by Gasteiger charge is -2.37. The van der Waals surface area contributed by atoms with Crippen molar-refractivity contribution < 1.29 is 32.3 Å². The Balaban J connectivity index is 0.00000112. The molecule has 4 aromatic rings. The van der Waals surface area contributed by atoms with E-state index in [0.717, 1.165) is 78.9 Å². The molecule has 1 amide bonds. The number of fused-ring (bicyclic) bond motifs is 1. The number of imidazole rings is 1. The minimum absolute atomic E-state index is 0.0330. The Morgan fingerprint density at radius 2 is 1.58 bits per heavy atom. The summed E-state index contributed by atoms with van der Waals surface area (Å²) in [6.45, 7) is 11.6. The molecule has 292 valence electrons. The average Bonchev–Trinajstić information content (AvgIpc) is 3.42. The van der Waals surface area contributed by atoms with Gasteiger partial charge in [0.05, 0.1) is 22.3 Å². The summed E-state index contributed by atoms with van der Waals surface area (Å²) in [4.78, 5) is 28.9. The predicted molar refractivity (Wildman–Crippen MR) is 209 cm³/mol. The molecule has 0 radical (unpaired) electrons. The number of nitrogens with zero attached hydrogens (tertiary/aromatic N) is 3. The quantitative estimate of drug-likeness (QED) is 0.0730. The van der Waals surface area contributed by atoms with Crippen molar-refractivity contribution in [1.82, 2.24) is 19.2 Å². The number of anilines is 1. The molecule has 2 atom stereocenters. The number of benzene rings is 3. The van der Waals surface area contributed by atoms with Crippen molar-refractivity contribution in [3.8, 4) is 11.1 Å². The number of carboxylic acid groups (broad SMARTS) is 1. The second-order valence-corrected chi connectivity index (χ2v) is 13.5. The second-order valence-electron chi connectivity index (χ2n) is 13.0. The number of thiol groups is 1. The Labute approximate surface area is 316 Å². The van der Waals surface area contributed by atoms with Gasteiger partial charge in [-0.05, 0) is 112 Å². The van der Waals surface area contributed by atoms with Gasteiger partial charge in [0.25, 0.3) is 6.47 Å². The molecular formula is C40H55F4N5O3S. The summed E-state index contributed by atoms with van der Waals surface area (Å²) in [6, 6.07) is 17.3. The van der Waals surface area contributed by atoms with Crippen LogP contribution >= 0.6 is 12.8 Å². The van der Waals surface area contributed by atoms with Crippen LogP contribution in [0.4, 0.5) is 23.2 Å². The molecule has 0 aliphatic carbocycles. The number of alkyl halides is 3. The third-order valence-corrected chi connectivity index (χ3v) is 9.29. The summed E-state index contributed by atoms with van der Waals surface area (Å²) in [7, 11) is 3.76. The zero-order valence-corrected chi connectivity index (χ0v) is 32.7. The number of carbonyl (C=O) groups excluding carboxylic acids is 1. The molecule has 0 saturated carbocycles. The molecule has 1 aliphatic rings. The Bertz CT molecular complexity index is 1710. The zero-order valence-electron chi connectivity index (χ0n) is 31.8. The Morgan fingerprint density at radius 3 is 2.13 bits per heavy atom. The van der Waals surface area contributed by atoms with Gasteiger partial charge in [-0.2, -0.15) is 13.2 Å². The van der Waals surface area contributed by atoms with Gasteiger partial charge in [-0.15, -0.1) is 0 Å². The van der Waals surface area contributed by atoms with Crippen molar-refractivity contribution in [2.75, 3.05) is 25.5 Å². The van der Waals surface area contributed by atoms with Crippen molar-refractivity contribution in [3.05, 3.63) is 83.4 Å². The number of carbonyl (C=O) groups is 2. The van der Waals surface area contributed by atoms with Crippen LogP contribution in [0.15, 0.2) is 60.7 Å². The lowest BCUT2D eigenvalue weighted by molar-refractivity contribution is -0.137. The summed E-state index contributed by atoms with van der Waals surface area (Å²) in [5.74, 6) is -0.938. The van der Waals surface area contributed by atoms with E-state index in [1.54, 1.807) is 7.05 Å². The summed E-state index contributed by atoms with van der Waals surface area (Å²) in [5.41, 5.74) is 4.23. The number of hydrogen-bond donors (Lipinski definition) is 4. The smallest absolute Gasteiger partial charge is 0.416 e. The van der Waals surface area contributed by atoms with E-state index in [1.807, 2.05) is 41.7 Å². The van der Waals surface area contributed by atoms with E-state index in [9.17, 15) is 22.4 Å². The molecule has 1 saturated heterocycles. The van der Waals surface area contributed by atoms with Crippen molar-refractivity contribution in [2.24, 2.45) is 18.9 Å². The highest BCUT2D eigenvalue weighted by atomic mass is 32.1. The Kier molecular flexibility index (Phi) is 19.0. The van der Waals surface area contributed by atoms with Gasteiger partial charge < -0.3 is 19.9 Å². The first-order valence-electron chi connectivity index (χ1n) is 18.1. The molecule has 5 rings (SSSR count). The van der Waals surface area contributed by atoms with Crippen LogP contribution in [0.2, 0.25) is 0 Å². The molecule has 1 unspecified atom stereocenters. The van der Waals surface area contributed by atoms with E-state index in [-0.39, 0.29) is 30.0 Å². The zero-order chi connectivity index (χ0) is 39.7. The highest BCUT2D eigenvalue weighted by Gasteiger charge is 2.33. The largest absolute Gasteiger partial charge is 0.483 e. The first kappa shape index (κ1) is 45.2. The lowest BCUT2D eigenvalue weighted by Crippen LogP contribution is -2.43. The first-order chi connectivity index (χ1) is 25.2. The number of piperidine rings is 1. The number of likely N-dealkylation sites (tertiary alicyclic amines) is 1. The van der Waals surface area contributed by atoms with Crippen LogP contribution in [0, 0.1) is 24.6 Å². The third kappa shape index (κ3) is 13.5. The van der Waals surface area contributed by atoms with Crippen LogP contribution in [-0.4, -0.2) is 58.1 Å². The highest BCUT2D eigenvalue weighted by Crippen LogP contribution is 2.33. The van der Waals surface area contributed by atoms with Crippen molar-refractivity contribution in [1.29, 1.82) is 0 Å². The number of aromatic nitrogens is 2. The fraction of sp³-hybridized carbons (Fsp3) is 0.475. The molecule has 1 aromatic heterocycles. The van der Waals surface area contributed by atoms with Gasteiger partial charge in [-0.25, -0.2) is 9.37 Å². The fourth-order valence-corrected chi connectivity index (χ4v) is 6.42. The van der Waals surface area contributed by atoms with Gasteiger partial charge in [0.15, 0.2) is 0 Å². The van der Waals surface area contributed by atoms with E-state index >= 15 is 0 Å². The maximum absolute atomic E-state index is 14.6. The van der Waals surface area contributed by atoms with Crippen molar-refractivity contribution in [2.45, 2.75) is 85.4 Å². The normalized spacial score (nSPS) is 14.1. The number of rotatable bonds is 10. The lowest BCUT2D eigenvalue weighted by atomic mass is 9.85. The van der Waals surface area contributed by atoms with Crippen LogP contribution in [0.3, 0.4) is 0 Å². The maximum Gasteiger partial charge on any atom is 0.416 e. The fourth-order valence-electron chi connectivity index (χ4n) is 6.42. The molecule has 3 aromatic carbocycles. The minimum Gasteiger partial charge on any atom is -0.483 e. The van der Waals surface area contributed by atoms with E-state index < -0.39 is 23.5 Å². The molecule has 3 N–H and O–H groups in total. The van der Waals surface area contributed by atoms with Crippen LogP contribution in [0.25, 0.3) is 22.2 Å². The van der Waals surface area contributed by atoms with E-state index in [0.29, 0.717) is 12.5 Å². The summed E-state index contributed by atoms with van der Waals surface area (Å²) in [5, 5.41) is 9.47. The van der Waals surface area contributed by atoms with Crippen LogP contribution in [0.5, 0.6) is 0 Å². The van der Waals surface area contributed by atoms with E-state index in [2.05, 4.69) is 79.8 Å². The van der Waals surface area contributed by atoms with E-state index in [1.165, 1.54) is 12.0 Å². The number of aryl methyl sites for hydroxylation is 3. The van der Waals surface area contributed by atoms with Gasteiger partial charge in [0, 0.05) is 19.0 Å². The number of hydrogen-bond acceptors (Lipinski definition) is 6. The standard InChI is InChI=1S/C36H42F4N4O.C2H6.CH5NS.CH2O2/c1-23(2)30(35(45)42-32-16-14-28(21-31(32)37)36(38,39)40)22-29(44-18-6-5-7-19-44)15-10-25-8-11-26(12-9-25)27-13-17-34-33(20-27)41-24(3)43(34)4;1-2;1-2-3;2-1-3/h8-9,11-14,16-17,20-21,23,29-30H,5-7,10,15,18-19,22H2,1-4H3,(H,42,45);1-2H3;2-3H,1H3;1H,(H,2,3)/t29-,30?;;;/m0.../s1. The molecule has 53 heavy (non-hydrogen) atoms. The van der Waals surface area contributed by atoms with Gasteiger partial charge in [0.1, 0.15) is 11.6 Å². The van der Waals surface area contributed by atoms with Crippen molar-refractivity contribution >= 4 is 41.9 Å². The van der Waals surface area contributed by atoms with E-state index in [4.69, 9.17) is 9.90 Å². The molecule has 2 heterocycles. The van der Waals surface area contributed by atoms with Gasteiger partial charge in [0.2, 0.25) is 5.91 Å². The summed E-state index contributed by atoms with van der Waals surface area (Å²) in [6.07, 6.45) is 1.06. The van der Waals surface area contributed by atoms with Crippen LogP contribution in [0.1, 0.15) is 76.8 Å². The third-order valence-electron chi connectivity index (χ3n) is 9.29. The molecule has 0 spiro atoms. The first-order valence-corrected chi connectivity index (χ1v) is 18.5. The molecule has 13 heteroatoms. The monoisotopic (exact) mass is 761 g/mol. The number of halogens is 4. The van der Waals surface area contributed by atoms with Gasteiger partial charge in [-0.3, -0.25) is 14.3 Å². The minimum atomic E-state index is -4.65. The average molecular weight is 762 g/mol. The van der Waals surface area contributed by atoms with Crippen LogP contribution in [-0.2, 0) is 29.2 Å². The number of amides is 1. The summed E-state index contributed by atoms with van der Waals surface area (Å²) < 4.78 is 58.1. The highest BCUT2D eigenvalue weighted by molar-refractivity contribution is 7.78. The molecular weight excluding hydrogens is 707 g/mol. The molecule has 1 aliphatic heterocycles. The second kappa shape index (κ2) is 22.3. The van der Waals surface area contributed by atoms with Crippen molar-refractivity contribution in [3.63, 3.8) is 0 Å². The molecule has 0 bridgehead atoms. The number of nitrogens with one attached hydrogen (secondary N) is 2. The molecule has 8 nitrogen and oxygen atoms in total. The van der Waals surface area contributed by atoms with Crippen LogP contribution < -0.4 is 10.0 Å².